The Morgan fingerprint density at radius 3 is 1.10 bits per heavy atom. The number of hydrogen-bond donors (Lipinski definition) is 0. The molecule has 0 saturated carbocycles. The molecule has 2 atom stereocenters. The van der Waals surface area contributed by atoms with Gasteiger partial charge in [-0.1, -0.05) is 236 Å². The molecule has 288 valence electrons. The van der Waals surface area contributed by atoms with E-state index in [0.717, 1.165) is 25.9 Å². The highest BCUT2D eigenvalue weighted by Gasteiger charge is 2.49. The van der Waals surface area contributed by atoms with Crippen molar-refractivity contribution in [1.29, 1.82) is 0 Å². The molecular weight excluding hydrogens is 617 g/mol. The van der Waals surface area contributed by atoms with E-state index in [9.17, 15) is 0 Å². The van der Waals surface area contributed by atoms with E-state index in [1.807, 2.05) is 0 Å². The molecule has 0 aliphatic carbocycles. The highest BCUT2D eigenvalue weighted by atomic mass is 15.4. The topological polar surface area (TPSA) is 6.48 Å². The van der Waals surface area contributed by atoms with E-state index in [1.54, 1.807) is 0 Å². The van der Waals surface area contributed by atoms with Crippen LogP contribution in [0, 0.1) is 0 Å². The van der Waals surface area contributed by atoms with Crippen LogP contribution in [0.5, 0.6) is 0 Å². The van der Waals surface area contributed by atoms with Gasteiger partial charge in [-0.25, -0.2) is 0 Å². The number of benzene rings is 2. The second-order valence-electron chi connectivity index (χ2n) is 16.1. The first kappa shape index (κ1) is 43.2. The fourth-order valence-electron chi connectivity index (χ4n) is 8.86. The molecular formula is C49H82N2. The normalized spacial score (nSPS) is 16.4. The fraction of sp³-hybridized carbons (Fsp3) is 0.714. The molecule has 0 radical (unpaired) electrons. The predicted octanol–water partition coefficient (Wildman–Crippen LogP) is 15.4. The molecule has 0 bridgehead atoms. The van der Waals surface area contributed by atoms with E-state index in [1.165, 1.54) is 178 Å². The van der Waals surface area contributed by atoms with Crippen LogP contribution in [-0.4, -0.2) is 28.6 Å². The summed E-state index contributed by atoms with van der Waals surface area (Å²) in [6.07, 6.45) is 43.8. The van der Waals surface area contributed by atoms with Crippen LogP contribution >= 0.6 is 0 Å². The van der Waals surface area contributed by atoms with Crippen LogP contribution in [0.1, 0.15) is 211 Å². The minimum atomic E-state index is -0.0635. The van der Waals surface area contributed by atoms with Crippen LogP contribution in [0.2, 0.25) is 0 Å². The number of unbranched alkanes of at least 4 members (excludes halogenated alkanes) is 24. The molecule has 1 heterocycles. The zero-order valence-corrected chi connectivity index (χ0v) is 34.1. The van der Waals surface area contributed by atoms with E-state index in [-0.39, 0.29) is 5.66 Å². The lowest BCUT2D eigenvalue weighted by atomic mass is 9.78. The van der Waals surface area contributed by atoms with E-state index in [4.69, 9.17) is 0 Å². The van der Waals surface area contributed by atoms with Crippen molar-refractivity contribution in [2.24, 2.45) is 0 Å². The van der Waals surface area contributed by atoms with Crippen molar-refractivity contribution in [2.45, 2.75) is 212 Å². The Kier molecular flexibility index (Phi) is 24.0. The summed E-state index contributed by atoms with van der Waals surface area (Å²) in [6.45, 7) is 9.35. The lowest BCUT2D eigenvalue weighted by Crippen LogP contribution is -2.59. The average molecular weight is 699 g/mol. The van der Waals surface area contributed by atoms with Crippen LogP contribution in [0.15, 0.2) is 73.1 Å². The van der Waals surface area contributed by atoms with Gasteiger partial charge in [0.05, 0.1) is 0 Å². The van der Waals surface area contributed by atoms with Gasteiger partial charge in [-0.05, 0) is 30.4 Å². The SMILES string of the molecule is CCCCCCCCCCCCCCCCCN1C=CN(CCCCCCCCCCCCC)C1(Cc1ccccc1)C(CC)c1ccccc1. The maximum absolute atomic E-state index is 2.79. The first-order chi connectivity index (χ1) is 25.3. The summed E-state index contributed by atoms with van der Waals surface area (Å²) < 4.78 is 0. The van der Waals surface area contributed by atoms with Crippen LogP contribution in [0.25, 0.3) is 0 Å². The molecule has 0 fully saturated rings. The van der Waals surface area contributed by atoms with Gasteiger partial charge in [0, 0.05) is 37.8 Å². The molecule has 2 nitrogen and oxygen atoms in total. The van der Waals surface area contributed by atoms with Gasteiger partial charge in [0.2, 0.25) is 0 Å². The molecule has 1 aliphatic heterocycles. The molecule has 3 rings (SSSR count). The molecule has 2 heteroatoms. The van der Waals surface area contributed by atoms with Crippen molar-refractivity contribution in [3.05, 3.63) is 84.2 Å². The Balaban J connectivity index is 1.53. The molecule has 2 aromatic rings. The molecule has 51 heavy (non-hydrogen) atoms. The van der Waals surface area contributed by atoms with Crippen molar-refractivity contribution >= 4 is 0 Å². The second kappa shape index (κ2) is 28.3. The van der Waals surface area contributed by atoms with Gasteiger partial charge in [0.25, 0.3) is 0 Å². The van der Waals surface area contributed by atoms with Crippen LogP contribution < -0.4 is 0 Å². The molecule has 0 saturated heterocycles. The number of hydrogen-bond acceptors (Lipinski definition) is 2. The highest BCUT2D eigenvalue weighted by molar-refractivity contribution is 5.30. The average Bonchev–Trinajstić information content (AvgIpc) is 3.49. The van der Waals surface area contributed by atoms with Crippen LogP contribution in [0.3, 0.4) is 0 Å². The third-order valence-corrected chi connectivity index (χ3v) is 11.9. The molecule has 2 unspecified atom stereocenters. The monoisotopic (exact) mass is 699 g/mol. The minimum Gasteiger partial charge on any atom is -0.353 e. The van der Waals surface area contributed by atoms with Gasteiger partial charge in [-0.15, -0.1) is 0 Å². The molecule has 2 aromatic carbocycles. The summed E-state index contributed by atoms with van der Waals surface area (Å²) in [5.41, 5.74) is 2.89. The summed E-state index contributed by atoms with van der Waals surface area (Å²) in [7, 11) is 0. The molecule has 1 aliphatic rings. The van der Waals surface area contributed by atoms with Crippen molar-refractivity contribution in [1.82, 2.24) is 9.80 Å². The first-order valence-electron chi connectivity index (χ1n) is 22.6. The summed E-state index contributed by atoms with van der Waals surface area (Å²) in [5.74, 6) is 0.443. The lowest BCUT2D eigenvalue weighted by molar-refractivity contribution is -0.00378. The smallest absolute Gasteiger partial charge is 0.123 e. The maximum atomic E-state index is 2.79. The molecule has 0 aromatic heterocycles. The third kappa shape index (κ3) is 16.6. The fourth-order valence-corrected chi connectivity index (χ4v) is 8.86. The standard InChI is InChI=1S/C49H82N2/c1-4-7-9-11-13-15-17-18-19-20-22-24-26-28-36-42-51-44-43-50(41-35-27-25-23-21-16-14-12-10-8-5-2)49(51,45-46-37-31-29-32-38-46)48(6-3)47-39-33-30-34-40-47/h29-34,37-40,43-44,48H,4-28,35-36,41-42,45H2,1-3H3. The molecule has 0 spiro atoms. The lowest BCUT2D eigenvalue weighted by Gasteiger charge is -2.51. The zero-order valence-electron chi connectivity index (χ0n) is 34.1. The van der Waals surface area contributed by atoms with E-state index in [0.29, 0.717) is 5.92 Å². The van der Waals surface area contributed by atoms with Gasteiger partial charge in [-0.3, -0.25) is 0 Å². The Bertz CT molecular complexity index is 1080. The second-order valence-corrected chi connectivity index (χ2v) is 16.1. The maximum Gasteiger partial charge on any atom is 0.123 e. The minimum absolute atomic E-state index is 0.0635. The number of rotatable bonds is 33. The largest absolute Gasteiger partial charge is 0.353 e. The van der Waals surface area contributed by atoms with Crippen LogP contribution in [-0.2, 0) is 6.42 Å². The van der Waals surface area contributed by atoms with Gasteiger partial charge < -0.3 is 9.80 Å². The van der Waals surface area contributed by atoms with Gasteiger partial charge in [0.15, 0.2) is 0 Å². The third-order valence-electron chi connectivity index (χ3n) is 11.9. The summed E-state index contributed by atoms with van der Waals surface area (Å²) in [6, 6.07) is 22.9. The van der Waals surface area contributed by atoms with Gasteiger partial charge >= 0.3 is 0 Å². The predicted molar refractivity (Wildman–Crippen MR) is 226 cm³/mol. The van der Waals surface area contributed by atoms with E-state index in [2.05, 4.69) is 104 Å². The Hall–Kier alpha value is -2.22. The van der Waals surface area contributed by atoms with Crippen molar-refractivity contribution in [3.63, 3.8) is 0 Å². The number of nitrogens with zero attached hydrogens (tertiary/aromatic N) is 2. The quantitative estimate of drug-likeness (QED) is 0.0685. The first-order valence-corrected chi connectivity index (χ1v) is 22.6. The Morgan fingerprint density at radius 1 is 0.412 bits per heavy atom. The van der Waals surface area contributed by atoms with E-state index < -0.39 is 0 Å². The van der Waals surface area contributed by atoms with Gasteiger partial charge in [-0.2, -0.15) is 0 Å². The Morgan fingerprint density at radius 2 is 0.745 bits per heavy atom. The summed E-state index contributed by atoms with van der Waals surface area (Å²) >= 11 is 0. The summed E-state index contributed by atoms with van der Waals surface area (Å²) in [4.78, 5) is 5.59. The zero-order chi connectivity index (χ0) is 36.1. The highest BCUT2D eigenvalue weighted by Crippen LogP contribution is 2.45. The van der Waals surface area contributed by atoms with Crippen LogP contribution in [0.4, 0.5) is 0 Å². The molecule has 0 N–H and O–H groups in total. The van der Waals surface area contributed by atoms with Gasteiger partial charge in [0.1, 0.15) is 5.66 Å². The summed E-state index contributed by atoms with van der Waals surface area (Å²) in [5, 5.41) is 0. The van der Waals surface area contributed by atoms with E-state index >= 15 is 0 Å². The molecule has 0 amide bonds. The van der Waals surface area contributed by atoms with Crippen molar-refractivity contribution in [2.75, 3.05) is 13.1 Å². The van der Waals surface area contributed by atoms with Crippen molar-refractivity contribution in [3.8, 4) is 0 Å². The van der Waals surface area contributed by atoms with Crippen molar-refractivity contribution < 1.29 is 0 Å². The Labute approximate surface area is 318 Å².